The first kappa shape index (κ1) is 12.0. The lowest BCUT2D eigenvalue weighted by Crippen LogP contribution is -2.22. The summed E-state index contributed by atoms with van der Waals surface area (Å²) in [5.41, 5.74) is 2.14. The molecule has 0 aliphatic heterocycles. The summed E-state index contributed by atoms with van der Waals surface area (Å²) in [7, 11) is 2.49. The zero-order valence-corrected chi connectivity index (χ0v) is 8.81. The molecule has 0 saturated heterocycles. The lowest BCUT2D eigenvalue weighted by atomic mass is 10.1. The van der Waals surface area contributed by atoms with Gasteiger partial charge in [0.05, 0.1) is 25.3 Å². The molecule has 1 aromatic carbocycles. The van der Waals surface area contributed by atoms with Gasteiger partial charge < -0.3 is 9.84 Å². The van der Waals surface area contributed by atoms with Crippen molar-refractivity contribution in [1.29, 1.82) is 0 Å². The van der Waals surface area contributed by atoms with E-state index in [1.807, 2.05) is 5.48 Å². The first-order valence-corrected chi connectivity index (χ1v) is 4.34. The second-order valence-corrected chi connectivity index (χ2v) is 2.86. The summed E-state index contributed by atoms with van der Waals surface area (Å²) in [4.78, 5) is 27.0. The number of ether oxygens (including phenoxy) is 1. The lowest BCUT2D eigenvalue weighted by molar-refractivity contribution is 0.0535. The van der Waals surface area contributed by atoms with E-state index < -0.39 is 11.9 Å². The van der Waals surface area contributed by atoms with E-state index in [0.29, 0.717) is 0 Å². The van der Waals surface area contributed by atoms with Crippen LogP contribution in [0.25, 0.3) is 0 Å². The number of rotatable bonds is 3. The molecule has 2 N–H and O–H groups in total. The van der Waals surface area contributed by atoms with Crippen LogP contribution in [0.1, 0.15) is 20.7 Å². The number of aromatic hydroxyl groups is 1. The molecule has 0 atom stereocenters. The van der Waals surface area contributed by atoms with Gasteiger partial charge in [0.1, 0.15) is 5.75 Å². The molecule has 16 heavy (non-hydrogen) atoms. The second-order valence-electron chi connectivity index (χ2n) is 2.86. The Hall–Kier alpha value is -2.08. The van der Waals surface area contributed by atoms with Crippen LogP contribution in [0.5, 0.6) is 5.75 Å². The standard InChI is InChI=1S/C10H11NO5/c1-15-10(14)6-3-4-8(12)7(5-6)9(13)11-16-2/h3-5,12H,1-2H3,(H,11,13). The highest BCUT2D eigenvalue weighted by molar-refractivity contribution is 5.99. The smallest absolute Gasteiger partial charge is 0.337 e. The van der Waals surface area contributed by atoms with E-state index in [2.05, 4.69) is 9.57 Å². The fourth-order valence-electron chi connectivity index (χ4n) is 1.11. The van der Waals surface area contributed by atoms with Crippen LogP contribution < -0.4 is 5.48 Å². The van der Waals surface area contributed by atoms with Crippen molar-refractivity contribution in [2.75, 3.05) is 14.2 Å². The van der Waals surface area contributed by atoms with E-state index in [1.165, 1.54) is 32.4 Å². The summed E-state index contributed by atoms with van der Waals surface area (Å²) in [5.74, 6) is -1.49. The molecular weight excluding hydrogens is 214 g/mol. The van der Waals surface area contributed by atoms with Crippen LogP contribution in [0.4, 0.5) is 0 Å². The number of benzene rings is 1. The van der Waals surface area contributed by atoms with Gasteiger partial charge in [-0.05, 0) is 18.2 Å². The number of carbonyl (C=O) groups excluding carboxylic acids is 2. The molecular formula is C10H11NO5. The number of nitrogens with one attached hydrogen (secondary N) is 1. The molecule has 1 amide bonds. The third-order valence-electron chi connectivity index (χ3n) is 1.86. The van der Waals surface area contributed by atoms with Crippen molar-refractivity contribution in [3.05, 3.63) is 29.3 Å². The largest absolute Gasteiger partial charge is 0.507 e. The third-order valence-corrected chi connectivity index (χ3v) is 1.86. The van der Waals surface area contributed by atoms with Crippen LogP contribution >= 0.6 is 0 Å². The molecule has 0 bridgehead atoms. The maximum absolute atomic E-state index is 11.4. The fraction of sp³-hybridized carbons (Fsp3) is 0.200. The van der Waals surface area contributed by atoms with Crippen molar-refractivity contribution < 1.29 is 24.3 Å². The summed E-state index contributed by atoms with van der Waals surface area (Å²) in [6.07, 6.45) is 0. The number of hydroxylamine groups is 1. The van der Waals surface area contributed by atoms with E-state index >= 15 is 0 Å². The highest BCUT2D eigenvalue weighted by Gasteiger charge is 2.14. The molecule has 0 radical (unpaired) electrons. The van der Waals surface area contributed by atoms with Crippen molar-refractivity contribution >= 4 is 11.9 Å². The Balaban J connectivity index is 3.08. The molecule has 0 aliphatic carbocycles. The predicted molar refractivity (Wildman–Crippen MR) is 53.9 cm³/mol. The second kappa shape index (κ2) is 5.13. The molecule has 0 fully saturated rings. The zero-order valence-electron chi connectivity index (χ0n) is 8.81. The summed E-state index contributed by atoms with van der Waals surface area (Å²) >= 11 is 0. The first-order chi connectivity index (χ1) is 7.60. The van der Waals surface area contributed by atoms with Crippen LogP contribution in [0.15, 0.2) is 18.2 Å². The molecule has 0 saturated carbocycles. The number of phenolic OH excluding ortho intramolecular Hbond substituents is 1. The molecule has 0 aliphatic rings. The minimum Gasteiger partial charge on any atom is -0.507 e. The fourth-order valence-corrected chi connectivity index (χ4v) is 1.11. The quantitative estimate of drug-likeness (QED) is 0.577. The topological polar surface area (TPSA) is 84.9 Å². The highest BCUT2D eigenvalue weighted by atomic mass is 16.6. The molecule has 86 valence electrons. The SMILES string of the molecule is CONC(=O)c1cc(C(=O)OC)ccc1O. The number of carbonyl (C=O) groups is 2. The number of esters is 1. The van der Waals surface area contributed by atoms with Crippen molar-refractivity contribution in [1.82, 2.24) is 5.48 Å². The Morgan fingerprint density at radius 2 is 2.00 bits per heavy atom. The van der Waals surface area contributed by atoms with Crippen molar-refractivity contribution in [3.8, 4) is 5.75 Å². The van der Waals surface area contributed by atoms with Crippen LogP contribution in [0, 0.1) is 0 Å². The van der Waals surface area contributed by atoms with E-state index in [-0.39, 0.29) is 16.9 Å². The molecule has 0 aromatic heterocycles. The number of hydrogen-bond acceptors (Lipinski definition) is 5. The molecule has 1 rings (SSSR count). The van der Waals surface area contributed by atoms with Gasteiger partial charge in [-0.3, -0.25) is 9.63 Å². The van der Waals surface area contributed by atoms with Gasteiger partial charge in [0, 0.05) is 0 Å². The number of amides is 1. The Morgan fingerprint density at radius 1 is 1.31 bits per heavy atom. The molecule has 0 unspecified atom stereocenters. The van der Waals surface area contributed by atoms with Gasteiger partial charge in [-0.2, -0.15) is 0 Å². The summed E-state index contributed by atoms with van der Waals surface area (Å²) in [5, 5.41) is 9.42. The minimum absolute atomic E-state index is 0.0650. The van der Waals surface area contributed by atoms with Gasteiger partial charge in [0.25, 0.3) is 5.91 Å². The number of hydrogen-bond donors (Lipinski definition) is 2. The van der Waals surface area contributed by atoms with Crippen LogP contribution in [-0.4, -0.2) is 31.2 Å². The van der Waals surface area contributed by atoms with Crippen molar-refractivity contribution in [2.45, 2.75) is 0 Å². The molecule has 6 nitrogen and oxygen atoms in total. The van der Waals surface area contributed by atoms with E-state index in [0.717, 1.165) is 0 Å². The predicted octanol–water partition coefficient (Wildman–Crippen LogP) is 0.470. The van der Waals surface area contributed by atoms with Gasteiger partial charge in [-0.1, -0.05) is 0 Å². The number of phenols is 1. The monoisotopic (exact) mass is 225 g/mol. The Kier molecular flexibility index (Phi) is 3.84. The summed E-state index contributed by atoms with van der Waals surface area (Å²) in [6.45, 7) is 0. The minimum atomic E-state index is -0.647. The van der Waals surface area contributed by atoms with E-state index in [1.54, 1.807) is 0 Å². The Bertz CT molecular complexity index is 416. The molecule has 1 aromatic rings. The van der Waals surface area contributed by atoms with Gasteiger partial charge in [-0.25, -0.2) is 10.3 Å². The average Bonchev–Trinajstić information content (AvgIpc) is 2.29. The summed E-state index contributed by atoms with van der Waals surface area (Å²) in [6, 6.07) is 3.80. The first-order valence-electron chi connectivity index (χ1n) is 4.34. The summed E-state index contributed by atoms with van der Waals surface area (Å²) < 4.78 is 4.49. The molecule has 0 spiro atoms. The normalized spacial score (nSPS) is 9.62. The van der Waals surface area contributed by atoms with Gasteiger partial charge in [0.15, 0.2) is 0 Å². The van der Waals surface area contributed by atoms with E-state index in [4.69, 9.17) is 0 Å². The zero-order chi connectivity index (χ0) is 12.1. The van der Waals surface area contributed by atoms with Crippen molar-refractivity contribution in [3.63, 3.8) is 0 Å². The molecule has 6 heteroatoms. The van der Waals surface area contributed by atoms with Gasteiger partial charge in [-0.15, -0.1) is 0 Å². The van der Waals surface area contributed by atoms with Crippen LogP contribution in [-0.2, 0) is 9.57 Å². The number of methoxy groups -OCH3 is 1. The highest BCUT2D eigenvalue weighted by Crippen LogP contribution is 2.18. The maximum Gasteiger partial charge on any atom is 0.337 e. The van der Waals surface area contributed by atoms with E-state index in [9.17, 15) is 14.7 Å². The lowest BCUT2D eigenvalue weighted by Gasteiger charge is -2.06. The Labute approximate surface area is 91.7 Å². The van der Waals surface area contributed by atoms with Crippen molar-refractivity contribution in [2.24, 2.45) is 0 Å². The third kappa shape index (κ3) is 2.48. The van der Waals surface area contributed by atoms with Crippen LogP contribution in [0.3, 0.4) is 0 Å². The van der Waals surface area contributed by atoms with Gasteiger partial charge >= 0.3 is 5.97 Å². The average molecular weight is 225 g/mol. The van der Waals surface area contributed by atoms with Gasteiger partial charge in [0.2, 0.25) is 0 Å². The Morgan fingerprint density at radius 3 is 2.56 bits per heavy atom. The maximum atomic E-state index is 11.4. The van der Waals surface area contributed by atoms with Crippen LogP contribution in [0.2, 0.25) is 0 Å². The molecule has 0 heterocycles.